The van der Waals surface area contributed by atoms with Crippen molar-refractivity contribution >= 4 is 43.2 Å². The van der Waals surface area contributed by atoms with Gasteiger partial charge in [0, 0.05) is 31.3 Å². The Hall–Kier alpha value is -0.800. The summed E-state index contributed by atoms with van der Waals surface area (Å²) in [7, 11) is 0. The maximum absolute atomic E-state index is 3.64. The smallest absolute Gasteiger partial charge is 0.0458 e. The standard InChI is InChI=1S/C19H21Br2N/c1-18(2,3)22-16-8-6-12(20)10-14(16)19(4,5)15-11-13(21)7-9-17(15)22/h6-11H,1-5H3. The highest BCUT2D eigenvalue weighted by atomic mass is 79.9. The van der Waals surface area contributed by atoms with E-state index in [0.717, 1.165) is 8.95 Å². The molecule has 0 aliphatic carbocycles. The molecule has 0 saturated carbocycles. The second kappa shape index (κ2) is 5.10. The van der Waals surface area contributed by atoms with Crippen LogP contribution in [0, 0.1) is 0 Å². The van der Waals surface area contributed by atoms with Gasteiger partial charge in [-0.3, -0.25) is 0 Å². The van der Waals surface area contributed by atoms with Crippen molar-refractivity contribution in [3.05, 3.63) is 56.5 Å². The Labute approximate surface area is 150 Å². The maximum atomic E-state index is 3.64. The van der Waals surface area contributed by atoms with Gasteiger partial charge in [-0.05, 0) is 68.3 Å². The largest absolute Gasteiger partial charge is 0.336 e. The van der Waals surface area contributed by atoms with Crippen molar-refractivity contribution in [2.45, 2.75) is 45.6 Å². The fraction of sp³-hybridized carbons (Fsp3) is 0.368. The number of rotatable bonds is 0. The molecular weight excluding hydrogens is 402 g/mol. The molecule has 0 atom stereocenters. The van der Waals surface area contributed by atoms with Gasteiger partial charge in [0.15, 0.2) is 0 Å². The second-order valence-corrected chi connectivity index (χ2v) is 9.29. The average molecular weight is 423 g/mol. The SMILES string of the molecule is CC1(C)c2cc(Br)ccc2N(C(C)(C)C)c2ccc(Br)cc21. The van der Waals surface area contributed by atoms with Crippen LogP contribution in [0.25, 0.3) is 0 Å². The van der Waals surface area contributed by atoms with Crippen LogP contribution in [-0.2, 0) is 5.41 Å². The normalized spacial score (nSPS) is 16.2. The van der Waals surface area contributed by atoms with Gasteiger partial charge in [0.2, 0.25) is 0 Å². The molecule has 1 heterocycles. The van der Waals surface area contributed by atoms with Gasteiger partial charge in [-0.1, -0.05) is 45.7 Å². The van der Waals surface area contributed by atoms with Crippen molar-refractivity contribution < 1.29 is 0 Å². The maximum Gasteiger partial charge on any atom is 0.0458 e. The van der Waals surface area contributed by atoms with Crippen molar-refractivity contribution in [2.75, 3.05) is 4.90 Å². The van der Waals surface area contributed by atoms with Crippen LogP contribution in [0.4, 0.5) is 11.4 Å². The number of anilines is 2. The number of nitrogens with zero attached hydrogens (tertiary/aromatic N) is 1. The van der Waals surface area contributed by atoms with E-state index < -0.39 is 0 Å². The van der Waals surface area contributed by atoms with Crippen LogP contribution in [0.15, 0.2) is 45.3 Å². The summed E-state index contributed by atoms with van der Waals surface area (Å²) >= 11 is 7.28. The van der Waals surface area contributed by atoms with Gasteiger partial charge in [-0.25, -0.2) is 0 Å². The Kier molecular flexibility index (Phi) is 3.73. The highest BCUT2D eigenvalue weighted by Gasteiger charge is 2.39. The first-order valence-corrected chi connectivity index (χ1v) is 9.11. The predicted octanol–water partition coefficient (Wildman–Crippen LogP) is 6.79. The van der Waals surface area contributed by atoms with Crippen molar-refractivity contribution in [1.82, 2.24) is 0 Å². The third kappa shape index (κ3) is 2.43. The molecule has 3 rings (SSSR count). The molecule has 0 radical (unpaired) electrons. The quantitative estimate of drug-likeness (QED) is 0.451. The number of halogens is 2. The highest BCUT2D eigenvalue weighted by molar-refractivity contribution is 9.10. The Morgan fingerprint density at radius 1 is 0.818 bits per heavy atom. The lowest BCUT2D eigenvalue weighted by Crippen LogP contribution is -2.43. The minimum absolute atomic E-state index is 0.0155. The van der Waals surface area contributed by atoms with Crippen LogP contribution >= 0.6 is 31.9 Å². The lowest BCUT2D eigenvalue weighted by Gasteiger charge is -2.48. The molecule has 0 aromatic heterocycles. The second-order valence-electron chi connectivity index (χ2n) is 7.45. The molecule has 0 unspecified atom stereocenters. The third-order valence-electron chi connectivity index (χ3n) is 4.42. The van der Waals surface area contributed by atoms with E-state index in [1.807, 2.05) is 0 Å². The topological polar surface area (TPSA) is 3.24 Å². The zero-order valence-electron chi connectivity index (χ0n) is 13.7. The Bertz CT molecular complexity index is 686. The first-order valence-electron chi connectivity index (χ1n) is 7.52. The molecule has 2 aromatic carbocycles. The van der Waals surface area contributed by atoms with Gasteiger partial charge in [0.1, 0.15) is 0 Å². The minimum atomic E-state index is -0.0278. The minimum Gasteiger partial charge on any atom is -0.336 e. The number of fused-ring (bicyclic) bond motifs is 2. The van der Waals surface area contributed by atoms with E-state index in [4.69, 9.17) is 0 Å². The number of hydrogen-bond acceptors (Lipinski definition) is 1. The highest BCUT2D eigenvalue weighted by Crippen LogP contribution is 2.52. The van der Waals surface area contributed by atoms with Crippen LogP contribution in [0.3, 0.4) is 0 Å². The summed E-state index contributed by atoms with van der Waals surface area (Å²) in [6.07, 6.45) is 0. The van der Waals surface area contributed by atoms with Gasteiger partial charge in [0.25, 0.3) is 0 Å². The van der Waals surface area contributed by atoms with Gasteiger partial charge in [-0.2, -0.15) is 0 Å². The van der Waals surface area contributed by atoms with Crippen molar-refractivity contribution in [2.24, 2.45) is 0 Å². The van der Waals surface area contributed by atoms with Gasteiger partial charge in [-0.15, -0.1) is 0 Å². The fourth-order valence-corrected chi connectivity index (χ4v) is 4.13. The molecule has 0 amide bonds. The Morgan fingerprint density at radius 3 is 1.59 bits per heavy atom. The predicted molar refractivity (Wildman–Crippen MR) is 102 cm³/mol. The van der Waals surface area contributed by atoms with Crippen molar-refractivity contribution in [3.63, 3.8) is 0 Å². The number of benzene rings is 2. The first kappa shape index (κ1) is 16.1. The molecule has 0 fully saturated rings. The average Bonchev–Trinajstić information content (AvgIpc) is 2.39. The van der Waals surface area contributed by atoms with Gasteiger partial charge < -0.3 is 4.90 Å². The fourth-order valence-electron chi connectivity index (χ4n) is 3.41. The molecule has 2 aromatic rings. The molecule has 1 nitrogen and oxygen atoms in total. The van der Waals surface area contributed by atoms with E-state index in [2.05, 4.69) is 108 Å². The summed E-state index contributed by atoms with van der Waals surface area (Å²) in [6, 6.07) is 13.3. The van der Waals surface area contributed by atoms with Crippen LogP contribution in [0.1, 0.15) is 45.7 Å². The summed E-state index contributed by atoms with van der Waals surface area (Å²) in [5.41, 5.74) is 5.32. The first-order chi connectivity index (χ1) is 10.1. The Morgan fingerprint density at radius 2 is 1.23 bits per heavy atom. The van der Waals surface area contributed by atoms with Gasteiger partial charge >= 0.3 is 0 Å². The van der Waals surface area contributed by atoms with Crippen LogP contribution < -0.4 is 4.90 Å². The molecule has 0 spiro atoms. The molecule has 1 aliphatic heterocycles. The van der Waals surface area contributed by atoms with Crippen LogP contribution in [0.2, 0.25) is 0 Å². The summed E-state index contributed by atoms with van der Waals surface area (Å²) in [4.78, 5) is 2.46. The zero-order valence-corrected chi connectivity index (χ0v) is 16.8. The molecule has 0 bridgehead atoms. The molecule has 0 N–H and O–H groups in total. The summed E-state index contributed by atoms with van der Waals surface area (Å²) in [5, 5.41) is 0. The van der Waals surface area contributed by atoms with Gasteiger partial charge in [0.05, 0.1) is 0 Å². The van der Waals surface area contributed by atoms with E-state index in [9.17, 15) is 0 Å². The lowest BCUT2D eigenvalue weighted by atomic mass is 9.73. The summed E-state index contributed by atoms with van der Waals surface area (Å²) < 4.78 is 2.26. The molecule has 0 saturated heterocycles. The molecule has 116 valence electrons. The van der Waals surface area contributed by atoms with Crippen LogP contribution in [0.5, 0.6) is 0 Å². The van der Waals surface area contributed by atoms with Crippen molar-refractivity contribution in [3.8, 4) is 0 Å². The molecular formula is C19H21Br2N. The Balaban J connectivity index is 2.38. The van der Waals surface area contributed by atoms with Crippen LogP contribution in [-0.4, -0.2) is 5.54 Å². The van der Waals surface area contributed by atoms with Crippen molar-refractivity contribution in [1.29, 1.82) is 0 Å². The van der Waals surface area contributed by atoms with E-state index in [1.165, 1.54) is 22.5 Å². The van der Waals surface area contributed by atoms with E-state index in [-0.39, 0.29) is 11.0 Å². The number of hydrogen-bond donors (Lipinski definition) is 0. The van der Waals surface area contributed by atoms with E-state index in [0.29, 0.717) is 0 Å². The molecule has 1 aliphatic rings. The molecule has 22 heavy (non-hydrogen) atoms. The van der Waals surface area contributed by atoms with E-state index in [1.54, 1.807) is 0 Å². The summed E-state index contributed by atoms with van der Waals surface area (Å²) in [5.74, 6) is 0. The summed E-state index contributed by atoms with van der Waals surface area (Å²) in [6.45, 7) is 11.4. The van der Waals surface area contributed by atoms with E-state index >= 15 is 0 Å². The zero-order chi connectivity index (χ0) is 16.3. The lowest BCUT2D eigenvalue weighted by molar-refractivity contribution is 0.530. The third-order valence-corrected chi connectivity index (χ3v) is 5.40. The molecule has 3 heteroatoms. The monoisotopic (exact) mass is 421 g/mol.